The highest BCUT2D eigenvalue weighted by Crippen LogP contribution is 2.18. The molecular formula is C15H31N3O. The second kappa shape index (κ2) is 7.25. The van der Waals surface area contributed by atoms with Crippen LogP contribution in [0.1, 0.15) is 47.5 Å². The predicted octanol–water partition coefficient (Wildman–Crippen LogP) is 1.91. The number of rotatable bonds is 7. The van der Waals surface area contributed by atoms with Gasteiger partial charge in [-0.05, 0) is 32.7 Å². The van der Waals surface area contributed by atoms with Gasteiger partial charge in [0.25, 0.3) is 0 Å². The molecule has 4 nitrogen and oxygen atoms in total. The van der Waals surface area contributed by atoms with Crippen LogP contribution in [-0.2, 0) is 4.79 Å². The molecule has 1 heterocycles. The number of hydrogen-bond acceptors (Lipinski definition) is 3. The van der Waals surface area contributed by atoms with Gasteiger partial charge < -0.3 is 9.80 Å². The van der Waals surface area contributed by atoms with E-state index >= 15 is 0 Å². The molecule has 0 saturated carbocycles. The smallest absolute Gasteiger partial charge is 0.241 e. The highest BCUT2D eigenvalue weighted by Gasteiger charge is 2.39. The van der Waals surface area contributed by atoms with Crippen LogP contribution in [0.3, 0.4) is 0 Å². The molecule has 19 heavy (non-hydrogen) atoms. The maximum Gasteiger partial charge on any atom is 0.241 e. The third-order valence-electron chi connectivity index (χ3n) is 4.39. The van der Waals surface area contributed by atoms with Crippen molar-refractivity contribution in [1.82, 2.24) is 15.1 Å². The van der Waals surface area contributed by atoms with Gasteiger partial charge in [0.1, 0.15) is 0 Å². The normalized spacial score (nSPS) is 25.7. The van der Waals surface area contributed by atoms with Crippen LogP contribution < -0.4 is 5.32 Å². The summed E-state index contributed by atoms with van der Waals surface area (Å²) in [6, 6.07) is 0.575. The van der Waals surface area contributed by atoms with Crippen LogP contribution in [0.2, 0.25) is 0 Å². The number of nitrogens with zero attached hydrogens (tertiary/aromatic N) is 2. The van der Waals surface area contributed by atoms with Crippen molar-refractivity contribution in [3.8, 4) is 0 Å². The lowest BCUT2D eigenvalue weighted by molar-refractivity contribution is -0.131. The SMILES string of the molecule is CCC(C)N(C)CCN1C(=O)C(C(C)C)NC1CC. The fourth-order valence-corrected chi connectivity index (χ4v) is 2.58. The molecule has 1 saturated heterocycles. The molecule has 1 aliphatic heterocycles. The van der Waals surface area contributed by atoms with Crippen LogP contribution in [0.4, 0.5) is 0 Å². The van der Waals surface area contributed by atoms with E-state index in [9.17, 15) is 4.79 Å². The van der Waals surface area contributed by atoms with Gasteiger partial charge in [0.2, 0.25) is 5.91 Å². The van der Waals surface area contributed by atoms with Crippen molar-refractivity contribution >= 4 is 5.91 Å². The summed E-state index contributed by atoms with van der Waals surface area (Å²) in [5, 5.41) is 3.46. The van der Waals surface area contributed by atoms with Crippen LogP contribution in [0.15, 0.2) is 0 Å². The lowest BCUT2D eigenvalue weighted by Gasteiger charge is -2.28. The van der Waals surface area contributed by atoms with Gasteiger partial charge in [-0.3, -0.25) is 10.1 Å². The standard InChI is InChI=1S/C15H31N3O/c1-7-12(5)17(6)9-10-18-13(8-2)16-14(11(3)4)15(18)19/h11-14,16H,7-10H2,1-6H3. The Morgan fingerprint density at radius 1 is 1.32 bits per heavy atom. The highest BCUT2D eigenvalue weighted by molar-refractivity contribution is 5.84. The Balaban J connectivity index is 2.58. The Bertz CT molecular complexity index is 293. The fourth-order valence-electron chi connectivity index (χ4n) is 2.58. The Morgan fingerprint density at radius 2 is 1.95 bits per heavy atom. The maximum absolute atomic E-state index is 12.4. The molecule has 0 aromatic heterocycles. The van der Waals surface area contributed by atoms with Crippen LogP contribution in [0.5, 0.6) is 0 Å². The van der Waals surface area contributed by atoms with Gasteiger partial charge >= 0.3 is 0 Å². The van der Waals surface area contributed by atoms with Crippen LogP contribution >= 0.6 is 0 Å². The zero-order valence-electron chi connectivity index (χ0n) is 13.4. The first-order chi connectivity index (χ1) is 8.92. The fraction of sp³-hybridized carbons (Fsp3) is 0.933. The largest absolute Gasteiger partial charge is 0.325 e. The Kier molecular flexibility index (Phi) is 6.27. The van der Waals surface area contributed by atoms with E-state index in [0.29, 0.717) is 12.0 Å². The van der Waals surface area contributed by atoms with Crippen LogP contribution in [0.25, 0.3) is 0 Å². The van der Waals surface area contributed by atoms with Gasteiger partial charge in [0, 0.05) is 19.1 Å². The highest BCUT2D eigenvalue weighted by atomic mass is 16.2. The van der Waals surface area contributed by atoms with Gasteiger partial charge in [0.05, 0.1) is 12.2 Å². The molecule has 0 aromatic rings. The van der Waals surface area contributed by atoms with E-state index in [1.165, 1.54) is 0 Å². The molecule has 1 N–H and O–H groups in total. The molecule has 0 spiro atoms. The van der Waals surface area contributed by atoms with Crippen molar-refractivity contribution < 1.29 is 4.79 Å². The van der Waals surface area contributed by atoms with E-state index in [-0.39, 0.29) is 18.1 Å². The molecule has 1 aliphatic rings. The summed E-state index contributed by atoms with van der Waals surface area (Å²) in [4.78, 5) is 16.8. The number of nitrogens with one attached hydrogen (secondary N) is 1. The molecule has 0 radical (unpaired) electrons. The van der Waals surface area contributed by atoms with Crippen LogP contribution in [-0.4, -0.2) is 54.1 Å². The zero-order valence-corrected chi connectivity index (χ0v) is 13.4. The number of likely N-dealkylation sites (N-methyl/N-ethyl adjacent to an activating group) is 1. The minimum atomic E-state index is -0.00106. The lowest BCUT2D eigenvalue weighted by atomic mass is 10.1. The first-order valence-electron chi connectivity index (χ1n) is 7.69. The number of carbonyl (C=O) groups is 1. The summed E-state index contributed by atoms with van der Waals surface area (Å²) in [6.07, 6.45) is 2.33. The molecule has 4 heteroatoms. The molecular weight excluding hydrogens is 238 g/mol. The lowest BCUT2D eigenvalue weighted by Crippen LogP contribution is -2.43. The minimum Gasteiger partial charge on any atom is -0.325 e. The molecule has 1 fully saturated rings. The second-order valence-electron chi connectivity index (χ2n) is 6.08. The maximum atomic E-state index is 12.4. The molecule has 3 unspecified atom stereocenters. The average Bonchev–Trinajstić information content (AvgIpc) is 2.71. The Hall–Kier alpha value is -0.610. The molecule has 0 aromatic carbocycles. The van der Waals surface area contributed by atoms with Gasteiger partial charge in [-0.1, -0.05) is 27.7 Å². The quantitative estimate of drug-likeness (QED) is 0.767. The molecule has 1 rings (SSSR count). The summed E-state index contributed by atoms with van der Waals surface area (Å²) in [7, 11) is 2.14. The summed E-state index contributed by atoms with van der Waals surface area (Å²) in [5.41, 5.74) is 0. The Labute approximate surface area is 118 Å². The third kappa shape index (κ3) is 3.93. The van der Waals surface area contributed by atoms with Gasteiger partial charge in [-0.25, -0.2) is 0 Å². The van der Waals surface area contributed by atoms with E-state index in [1.807, 2.05) is 4.90 Å². The monoisotopic (exact) mass is 269 g/mol. The van der Waals surface area contributed by atoms with E-state index in [4.69, 9.17) is 0 Å². The number of hydrogen-bond donors (Lipinski definition) is 1. The first kappa shape index (κ1) is 16.4. The molecule has 1 amide bonds. The number of amides is 1. The Morgan fingerprint density at radius 3 is 2.42 bits per heavy atom. The van der Waals surface area contributed by atoms with Crippen molar-refractivity contribution in [1.29, 1.82) is 0 Å². The van der Waals surface area contributed by atoms with Crippen molar-refractivity contribution in [2.75, 3.05) is 20.1 Å². The summed E-state index contributed by atoms with van der Waals surface area (Å²) in [6.45, 7) is 12.6. The van der Waals surface area contributed by atoms with Gasteiger partial charge in [-0.2, -0.15) is 0 Å². The summed E-state index contributed by atoms with van der Waals surface area (Å²) >= 11 is 0. The van der Waals surface area contributed by atoms with Crippen molar-refractivity contribution in [3.63, 3.8) is 0 Å². The molecule has 0 bridgehead atoms. The summed E-state index contributed by atoms with van der Waals surface area (Å²) < 4.78 is 0. The third-order valence-corrected chi connectivity index (χ3v) is 4.39. The first-order valence-corrected chi connectivity index (χ1v) is 7.69. The average molecular weight is 269 g/mol. The van der Waals surface area contributed by atoms with E-state index in [1.54, 1.807) is 0 Å². The zero-order chi connectivity index (χ0) is 14.6. The van der Waals surface area contributed by atoms with E-state index in [2.05, 4.69) is 51.9 Å². The molecule has 3 atom stereocenters. The van der Waals surface area contributed by atoms with Crippen LogP contribution in [0, 0.1) is 5.92 Å². The second-order valence-corrected chi connectivity index (χ2v) is 6.08. The van der Waals surface area contributed by atoms with E-state index in [0.717, 1.165) is 25.9 Å². The van der Waals surface area contributed by atoms with Crippen molar-refractivity contribution in [3.05, 3.63) is 0 Å². The van der Waals surface area contributed by atoms with Crippen molar-refractivity contribution in [2.45, 2.75) is 65.7 Å². The van der Waals surface area contributed by atoms with Gasteiger partial charge in [0.15, 0.2) is 0 Å². The molecule has 0 aliphatic carbocycles. The van der Waals surface area contributed by atoms with Crippen molar-refractivity contribution in [2.24, 2.45) is 5.92 Å². The summed E-state index contributed by atoms with van der Waals surface area (Å²) in [5.74, 6) is 0.637. The molecule has 112 valence electrons. The minimum absolute atomic E-state index is 0.00106. The van der Waals surface area contributed by atoms with E-state index < -0.39 is 0 Å². The predicted molar refractivity (Wildman–Crippen MR) is 79.9 cm³/mol. The number of carbonyl (C=O) groups excluding carboxylic acids is 1. The topological polar surface area (TPSA) is 35.6 Å². The van der Waals surface area contributed by atoms with Gasteiger partial charge in [-0.15, -0.1) is 0 Å².